The molecule has 1 aromatic heterocycles. The van der Waals surface area contributed by atoms with Crippen LogP contribution in [0.3, 0.4) is 0 Å². The van der Waals surface area contributed by atoms with Crippen molar-refractivity contribution in [3.8, 4) is 5.75 Å². The molecule has 0 unspecified atom stereocenters. The van der Waals surface area contributed by atoms with Crippen LogP contribution in [0.1, 0.15) is 23.6 Å². The highest BCUT2D eigenvalue weighted by Gasteiger charge is 2.15. The molecule has 0 spiro atoms. The molecule has 1 aromatic carbocycles. The number of aryl methyl sites for hydroxylation is 2. The van der Waals surface area contributed by atoms with E-state index < -0.39 is 6.10 Å². The molecule has 0 aliphatic rings. The summed E-state index contributed by atoms with van der Waals surface area (Å²) < 4.78 is 5.72. The third kappa shape index (κ3) is 4.31. The zero-order valence-corrected chi connectivity index (χ0v) is 12.6. The molecule has 4 nitrogen and oxygen atoms in total. The number of nitrogens with one attached hydrogen (secondary N) is 1. The van der Waals surface area contributed by atoms with Gasteiger partial charge in [-0.25, -0.2) is 0 Å². The zero-order valence-electron chi connectivity index (χ0n) is 12.6. The van der Waals surface area contributed by atoms with Gasteiger partial charge in [0.2, 0.25) is 0 Å². The fraction of sp³-hybridized carbons (Fsp3) is 0.294. The van der Waals surface area contributed by atoms with Gasteiger partial charge in [0.1, 0.15) is 5.75 Å². The minimum atomic E-state index is -0.539. The van der Waals surface area contributed by atoms with E-state index in [0.29, 0.717) is 6.54 Å². The molecule has 21 heavy (non-hydrogen) atoms. The maximum Gasteiger partial charge on any atom is 0.261 e. The summed E-state index contributed by atoms with van der Waals surface area (Å²) >= 11 is 0. The fourth-order valence-corrected chi connectivity index (χ4v) is 2.01. The molecule has 1 amide bonds. The Balaban J connectivity index is 1.90. The van der Waals surface area contributed by atoms with Crippen molar-refractivity contribution in [3.63, 3.8) is 0 Å². The molecule has 0 saturated carbocycles. The minimum absolute atomic E-state index is 0.140. The molecule has 110 valence electrons. The van der Waals surface area contributed by atoms with Gasteiger partial charge in [-0.15, -0.1) is 0 Å². The topological polar surface area (TPSA) is 51.2 Å². The van der Waals surface area contributed by atoms with Gasteiger partial charge in [-0.2, -0.15) is 0 Å². The first-order valence-corrected chi connectivity index (χ1v) is 6.97. The lowest BCUT2D eigenvalue weighted by molar-refractivity contribution is -0.127. The van der Waals surface area contributed by atoms with Crippen molar-refractivity contribution < 1.29 is 9.53 Å². The number of carbonyl (C=O) groups is 1. The van der Waals surface area contributed by atoms with E-state index in [0.717, 1.165) is 16.9 Å². The third-order valence-corrected chi connectivity index (χ3v) is 3.19. The van der Waals surface area contributed by atoms with E-state index in [1.54, 1.807) is 19.3 Å². The lowest BCUT2D eigenvalue weighted by Gasteiger charge is -2.16. The highest BCUT2D eigenvalue weighted by atomic mass is 16.5. The van der Waals surface area contributed by atoms with Crippen molar-refractivity contribution in [1.82, 2.24) is 10.3 Å². The summed E-state index contributed by atoms with van der Waals surface area (Å²) in [6.07, 6.45) is 2.90. The van der Waals surface area contributed by atoms with Crippen molar-refractivity contribution in [2.24, 2.45) is 0 Å². The maximum atomic E-state index is 12.0. The van der Waals surface area contributed by atoms with Gasteiger partial charge in [-0.1, -0.05) is 23.8 Å². The Kier molecular flexibility index (Phi) is 4.93. The SMILES string of the molecule is Cc1ccc(O[C@H](C)C(=O)NCc2cccnc2)c(C)c1. The number of pyridine rings is 1. The number of nitrogens with zero attached hydrogens (tertiary/aromatic N) is 1. The molecule has 0 radical (unpaired) electrons. The molecule has 2 aromatic rings. The highest BCUT2D eigenvalue weighted by Crippen LogP contribution is 2.20. The average Bonchev–Trinajstić information content (AvgIpc) is 2.48. The van der Waals surface area contributed by atoms with Gasteiger partial charge < -0.3 is 10.1 Å². The Morgan fingerprint density at radius 3 is 2.81 bits per heavy atom. The van der Waals surface area contributed by atoms with Crippen LogP contribution in [0.25, 0.3) is 0 Å². The second-order valence-corrected chi connectivity index (χ2v) is 5.11. The van der Waals surface area contributed by atoms with Crippen LogP contribution in [0.2, 0.25) is 0 Å². The number of ether oxygens (including phenoxy) is 1. The number of hydrogen-bond donors (Lipinski definition) is 1. The molecule has 2 rings (SSSR count). The molecule has 0 aliphatic carbocycles. The van der Waals surface area contributed by atoms with Crippen molar-refractivity contribution >= 4 is 5.91 Å². The standard InChI is InChI=1S/C17H20N2O2/c1-12-6-7-16(13(2)9-12)21-14(3)17(20)19-11-15-5-4-8-18-10-15/h4-10,14H,11H2,1-3H3,(H,19,20)/t14-/m1/s1. The first-order valence-electron chi connectivity index (χ1n) is 6.97. The van der Waals surface area contributed by atoms with E-state index in [2.05, 4.69) is 10.3 Å². The maximum absolute atomic E-state index is 12.0. The van der Waals surface area contributed by atoms with Gasteiger partial charge in [0.15, 0.2) is 6.10 Å². The molecule has 1 N–H and O–H groups in total. The van der Waals surface area contributed by atoms with Gasteiger partial charge in [0, 0.05) is 18.9 Å². The molecule has 4 heteroatoms. The summed E-state index contributed by atoms with van der Waals surface area (Å²) in [4.78, 5) is 16.1. The van der Waals surface area contributed by atoms with Gasteiger partial charge in [0.25, 0.3) is 5.91 Å². The Labute approximate surface area is 125 Å². The smallest absolute Gasteiger partial charge is 0.261 e. The van der Waals surface area contributed by atoms with E-state index in [4.69, 9.17) is 4.74 Å². The number of rotatable bonds is 5. The largest absolute Gasteiger partial charge is 0.481 e. The van der Waals surface area contributed by atoms with Crippen LogP contribution in [-0.4, -0.2) is 17.0 Å². The van der Waals surface area contributed by atoms with E-state index in [9.17, 15) is 4.79 Å². The van der Waals surface area contributed by atoms with Crippen molar-refractivity contribution in [2.75, 3.05) is 0 Å². The summed E-state index contributed by atoms with van der Waals surface area (Å²) in [5, 5.41) is 2.85. The monoisotopic (exact) mass is 284 g/mol. The normalized spacial score (nSPS) is 11.8. The number of hydrogen-bond acceptors (Lipinski definition) is 3. The van der Waals surface area contributed by atoms with E-state index in [1.165, 1.54) is 5.56 Å². The molecule has 1 atom stereocenters. The Morgan fingerprint density at radius 1 is 1.33 bits per heavy atom. The summed E-state index contributed by atoms with van der Waals surface area (Å²) in [6, 6.07) is 9.67. The van der Waals surface area contributed by atoms with Crippen molar-refractivity contribution in [1.29, 1.82) is 0 Å². The second-order valence-electron chi connectivity index (χ2n) is 5.11. The predicted molar refractivity (Wildman–Crippen MR) is 82.1 cm³/mol. The quantitative estimate of drug-likeness (QED) is 0.918. The van der Waals surface area contributed by atoms with Crippen LogP contribution in [0.5, 0.6) is 5.75 Å². The lowest BCUT2D eigenvalue weighted by Crippen LogP contribution is -2.36. The van der Waals surface area contributed by atoms with Crippen LogP contribution in [0.4, 0.5) is 0 Å². The second kappa shape index (κ2) is 6.88. The number of carbonyl (C=O) groups excluding carboxylic acids is 1. The Morgan fingerprint density at radius 2 is 2.14 bits per heavy atom. The van der Waals surface area contributed by atoms with Crippen molar-refractivity contribution in [3.05, 3.63) is 59.4 Å². The molecule has 1 heterocycles. The van der Waals surface area contributed by atoms with Crippen LogP contribution in [0, 0.1) is 13.8 Å². The first kappa shape index (κ1) is 15.0. The molecular formula is C17H20N2O2. The molecule has 0 bridgehead atoms. The molecule has 0 fully saturated rings. The van der Waals surface area contributed by atoms with Gasteiger partial charge in [-0.05, 0) is 44.0 Å². The Hall–Kier alpha value is -2.36. The zero-order chi connectivity index (χ0) is 15.2. The first-order chi connectivity index (χ1) is 10.1. The van der Waals surface area contributed by atoms with Gasteiger partial charge in [0.05, 0.1) is 0 Å². The summed E-state index contributed by atoms with van der Waals surface area (Å²) in [5.74, 6) is 0.600. The predicted octanol–water partition coefficient (Wildman–Crippen LogP) is 2.78. The van der Waals surface area contributed by atoms with Crippen LogP contribution < -0.4 is 10.1 Å². The number of aromatic nitrogens is 1. The van der Waals surface area contributed by atoms with E-state index in [1.807, 2.05) is 44.2 Å². The highest BCUT2D eigenvalue weighted by molar-refractivity contribution is 5.80. The summed E-state index contributed by atoms with van der Waals surface area (Å²) in [7, 11) is 0. The molecule has 0 saturated heterocycles. The van der Waals surface area contributed by atoms with Gasteiger partial charge in [-0.3, -0.25) is 9.78 Å². The Bertz CT molecular complexity index is 611. The van der Waals surface area contributed by atoms with Crippen molar-refractivity contribution in [2.45, 2.75) is 33.4 Å². The third-order valence-electron chi connectivity index (χ3n) is 3.19. The molecular weight excluding hydrogens is 264 g/mol. The van der Waals surface area contributed by atoms with Crippen LogP contribution >= 0.6 is 0 Å². The van der Waals surface area contributed by atoms with Crippen LogP contribution in [0.15, 0.2) is 42.7 Å². The summed E-state index contributed by atoms with van der Waals surface area (Å²) in [6.45, 7) is 6.20. The fourth-order valence-electron chi connectivity index (χ4n) is 2.01. The van der Waals surface area contributed by atoms with Gasteiger partial charge >= 0.3 is 0 Å². The number of amides is 1. The lowest BCUT2D eigenvalue weighted by atomic mass is 10.1. The van der Waals surface area contributed by atoms with E-state index >= 15 is 0 Å². The average molecular weight is 284 g/mol. The number of benzene rings is 1. The van der Waals surface area contributed by atoms with Crippen LogP contribution in [-0.2, 0) is 11.3 Å². The minimum Gasteiger partial charge on any atom is -0.481 e. The molecule has 0 aliphatic heterocycles. The summed E-state index contributed by atoms with van der Waals surface area (Å²) in [5.41, 5.74) is 3.17. The van der Waals surface area contributed by atoms with E-state index in [-0.39, 0.29) is 5.91 Å².